The lowest BCUT2D eigenvalue weighted by molar-refractivity contribution is 0.00331. The first kappa shape index (κ1) is 8.14. The fourth-order valence-corrected chi connectivity index (χ4v) is 1.08. The summed E-state index contributed by atoms with van der Waals surface area (Å²) < 4.78 is 5.12. The lowest BCUT2D eigenvalue weighted by Gasteiger charge is -2.29. The molecule has 0 saturated heterocycles. The molecule has 11 heavy (non-hydrogen) atoms. The first-order valence-electron chi connectivity index (χ1n) is 3.49. The molecule has 1 aliphatic rings. The third kappa shape index (κ3) is 1.38. The molecule has 0 bridgehead atoms. The van der Waals surface area contributed by atoms with Crippen molar-refractivity contribution in [3.63, 3.8) is 0 Å². The molecule has 0 aromatic rings. The zero-order valence-electron chi connectivity index (χ0n) is 6.79. The molecule has 0 radical (unpaired) electrons. The zero-order valence-corrected chi connectivity index (χ0v) is 6.79. The molecule has 1 rings (SSSR count). The van der Waals surface area contributed by atoms with Crippen LogP contribution in [0.2, 0.25) is 0 Å². The van der Waals surface area contributed by atoms with Crippen LogP contribution in [0.25, 0.3) is 0 Å². The average Bonchev–Trinajstić information content (AvgIpc) is 1.98. The quantitative estimate of drug-likeness (QED) is 0.595. The topological polar surface area (TPSA) is 55.5 Å². The highest BCUT2D eigenvalue weighted by molar-refractivity contribution is 5.26. The second kappa shape index (κ2) is 2.58. The molecule has 3 N–H and O–H groups in total. The third-order valence-corrected chi connectivity index (χ3v) is 1.99. The van der Waals surface area contributed by atoms with Crippen LogP contribution in [-0.4, -0.2) is 17.8 Å². The molecule has 0 heterocycles. The Morgan fingerprint density at radius 1 is 1.64 bits per heavy atom. The third-order valence-electron chi connectivity index (χ3n) is 1.99. The maximum Gasteiger partial charge on any atom is 0.127 e. The van der Waals surface area contributed by atoms with Crippen molar-refractivity contribution in [2.45, 2.75) is 18.9 Å². The Morgan fingerprint density at radius 2 is 2.27 bits per heavy atom. The molecule has 0 spiro atoms. The van der Waals surface area contributed by atoms with Gasteiger partial charge in [-0.3, -0.25) is 0 Å². The van der Waals surface area contributed by atoms with Crippen molar-refractivity contribution in [3.05, 3.63) is 23.6 Å². The van der Waals surface area contributed by atoms with Crippen LogP contribution >= 0.6 is 0 Å². The van der Waals surface area contributed by atoms with E-state index in [1.807, 2.05) is 0 Å². The van der Waals surface area contributed by atoms with E-state index >= 15 is 0 Å². The van der Waals surface area contributed by atoms with Gasteiger partial charge < -0.3 is 15.6 Å². The van der Waals surface area contributed by atoms with Crippen molar-refractivity contribution in [2.24, 2.45) is 5.73 Å². The van der Waals surface area contributed by atoms with Gasteiger partial charge in [0.2, 0.25) is 0 Å². The summed E-state index contributed by atoms with van der Waals surface area (Å²) >= 11 is 0. The van der Waals surface area contributed by atoms with Gasteiger partial charge in [0, 0.05) is 19.2 Å². The normalized spacial score (nSPS) is 31.1. The molecule has 0 aliphatic heterocycles. The fraction of sp³-hybridized carbons (Fsp3) is 0.500. The minimum Gasteiger partial charge on any atom is -0.509 e. The van der Waals surface area contributed by atoms with Gasteiger partial charge in [-0.15, -0.1) is 0 Å². The van der Waals surface area contributed by atoms with E-state index in [1.54, 1.807) is 26.2 Å². The molecule has 1 unspecified atom stereocenters. The number of aliphatic hydroxyl groups excluding tert-OH is 1. The van der Waals surface area contributed by atoms with Crippen LogP contribution in [0, 0.1) is 0 Å². The summed E-state index contributed by atoms with van der Waals surface area (Å²) in [6.07, 6.45) is 3.81. The Balaban J connectivity index is 2.89. The van der Waals surface area contributed by atoms with Crippen LogP contribution in [0.4, 0.5) is 0 Å². The summed E-state index contributed by atoms with van der Waals surface area (Å²) in [5, 5.41) is 9.38. The largest absolute Gasteiger partial charge is 0.509 e. The zero-order chi connectivity index (χ0) is 8.48. The molecule has 0 amide bonds. The van der Waals surface area contributed by atoms with Crippen LogP contribution in [0.3, 0.4) is 0 Å². The smallest absolute Gasteiger partial charge is 0.127 e. The summed E-state index contributed by atoms with van der Waals surface area (Å²) in [5.74, 6) is 0.231. The number of allylic oxidation sites excluding steroid dienone is 2. The highest BCUT2D eigenvalue weighted by Gasteiger charge is 2.31. The van der Waals surface area contributed by atoms with Gasteiger partial charge >= 0.3 is 0 Å². The summed E-state index contributed by atoms with van der Waals surface area (Å²) in [6.45, 7) is 1.80. The number of hydrogen-bond donors (Lipinski definition) is 2. The van der Waals surface area contributed by atoms with E-state index < -0.39 is 5.60 Å². The first-order valence-corrected chi connectivity index (χ1v) is 3.49. The van der Waals surface area contributed by atoms with Gasteiger partial charge in [0.25, 0.3) is 0 Å². The molecule has 1 aliphatic carbocycles. The van der Waals surface area contributed by atoms with E-state index in [-0.39, 0.29) is 5.76 Å². The predicted molar refractivity (Wildman–Crippen MR) is 43.0 cm³/mol. The number of nitrogens with two attached hydrogens (primary N) is 1. The van der Waals surface area contributed by atoms with Crippen LogP contribution in [-0.2, 0) is 4.74 Å². The van der Waals surface area contributed by atoms with Gasteiger partial charge in [0.15, 0.2) is 0 Å². The minimum atomic E-state index is -0.626. The highest BCUT2D eigenvalue weighted by atomic mass is 16.5. The van der Waals surface area contributed by atoms with Gasteiger partial charge in [-0.25, -0.2) is 0 Å². The Bertz CT molecular complexity index is 220. The molecular weight excluding hydrogens is 142 g/mol. The average molecular weight is 155 g/mol. The Morgan fingerprint density at radius 3 is 2.73 bits per heavy atom. The minimum absolute atomic E-state index is 0.231. The summed E-state index contributed by atoms with van der Waals surface area (Å²) in [7, 11) is 1.56. The van der Waals surface area contributed by atoms with Gasteiger partial charge in [-0.1, -0.05) is 0 Å². The van der Waals surface area contributed by atoms with Crippen molar-refractivity contribution in [1.82, 2.24) is 0 Å². The van der Waals surface area contributed by atoms with E-state index in [9.17, 15) is 5.11 Å². The van der Waals surface area contributed by atoms with E-state index in [2.05, 4.69) is 0 Å². The van der Waals surface area contributed by atoms with Crippen molar-refractivity contribution >= 4 is 0 Å². The fourth-order valence-electron chi connectivity index (χ4n) is 1.08. The van der Waals surface area contributed by atoms with Gasteiger partial charge in [-0.2, -0.15) is 0 Å². The SMILES string of the molecule is COC1(C)CC(N)=CC=C1O. The first-order chi connectivity index (χ1) is 5.08. The second-order valence-corrected chi connectivity index (χ2v) is 2.91. The maximum absolute atomic E-state index is 9.38. The molecule has 0 saturated carbocycles. The van der Waals surface area contributed by atoms with Crippen molar-refractivity contribution in [3.8, 4) is 0 Å². The van der Waals surface area contributed by atoms with E-state index in [4.69, 9.17) is 10.5 Å². The predicted octanol–water partition coefficient (Wildman–Crippen LogP) is 1.08. The standard InChI is InChI=1S/C8H13NO2/c1-8(11-2)5-6(9)3-4-7(8)10/h3-4,10H,5,9H2,1-2H3. The molecule has 62 valence electrons. The lowest BCUT2D eigenvalue weighted by Crippen LogP contribution is -2.33. The van der Waals surface area contributed by atoms with Crippen LogP contribution in [0.1, 0.15) is 13.3 Å². The number of methoxy groups -OCH3 is 1. The number of aliphatic hydroxyl groups is 1. The Kier molecular flexibility index (Phi) is 1.91. The molecular formula is C8H13NO2. The van der Waals surface area contributed by atoms with Crippen LogP contribution in [0.15, 0.2) is 23.6 Å². The molecule has 3 nitrogen and oxygen atoms in total. The monoisotopic (exact) mass is 155 g/mol. The number of rotatable bonds is 1. The number of hydrogen-bond acceptors (Lipinski definition) is 3. The van der Waals surface area contributed by atoms with Crippen LogP contribution < -0.4 is 5.73 Å². The second-order valence-electron chi connectivity index (χ2n) is 2.91. The highest BCUT2D eigenvalue weighted by Crippen LogP contribution is 2.28. The molecule has 1 atom stereocenters. The lowest BCUT2D eigenvalue weighted by atomic mass is 9.93. The van der Waals surface area contributed by atoms with Crippen molar-refractivity contribution in [1.29, 1.82) is 0 Å². The van der Waals surface area contributed by atoms with Gasteiger partial charge in [0.1, 0.15) is 11.4 Å². The molecule has 0 aromatic carbocycles. The Hall–Kier alpha value is -0.960. The van der Waals surface area contributed by atoms with E-state index in [0.29, 0.717) is 6.42 Å². The summed E-state index contributed by atoms with van der Waals surface area (Å²) in [4.78, 5) is 0. The molecule has 3 heteroatoms. The molecule has 0 aromatic heterocycles. The van der Waals surface area contributed by atoms with E-state index in [0.717, 1.165) is 5.70 Å². The maximum atomic E-state index is 9.38. The van der Waals surface area contributed by atoms with E-state index in [1.165, 1.54) is 0 Å². The van der Waals surface area contributed by atoms with Crippen LogP contribution in [0.5, 0.6) is 0 Å². The van der Waals surface area contributed by atoms with Gasteiger partial charge in [-0.05, 0) is 19.1 Å². The van der Waals surface area contributed by atoms with Crippen molar-refractivity contribution < 1.29 is 9.84 Å². The number of ether oxygens (including phenoxy) is 1. The van der Waals surface area contributed by atoms with Gasteiger partial charge in [0.05, 0.1) is 0 Å². The van der Waals surface area contributed by atoms with Crippen molar-refractivity contribution in [2.75, 3.05) is 7.11 Å². The molecule has 0 fully saturated rings. The summed E-state index contributed by atoms with van der Waals surface area (Å²) in [6, 6.07) is 0. The summed E-state index contributed by atoms with van der Waals surface area (Å²) in [5.41, 5.74) is 5.68. The Labute approximate surface area is 66.2 Å².